The highest BCUT2D eigenvalue weighted by molar-refractivity contribution is 6.28. The summed E-state index contributed by atoms with van der Waals surface area (Å²) in [5.74, 6) is 0.708. The van der Waals surface area contributed by atoms with E-state index in [1.165, 1.54) is 0 Å². The number of aryl methyl sites for hydroxylation is 1. The lowest BCUT2D eigenvalue weighted by Crippen LogP contribution is -2.37. The van der Waals surface area contributed by atoms with E-state index in [0.29, 0.717) is 12.4 Å². The molecule has 0 radical (unpaired) electrons. The summed E-state index contributed by atoms with van der Waals surface area (Å²) < 4.78 is 0. The fourth-order valence-electron chi connectivity index (χ4n) is 1.34. The average molecular weight is 257 g/mol. The van der Waals surface area contributed by atoms with Crippen LogP contribution in [0.15, 0.2) is 6.07 Å². The minimum absolute atomic E-state index is 0.0271. The van der Waals surface area contributed by atoms with Gasteiger partial charge < -0.3 is 9.80 Å². The Morgan fingerprint density at radius 1 is 1.41 bits per heavy atom. The molecule has 0 N–H and O–H groups in total. The molecule has 1 heterocycles. The third kappa shape index (κ3) is 3.85. The maximum Gasteiger partial charge on any atom is 0.241 e. The topological polar surface area (TPSA) is 49.3 Å². The highest BCUT2D eigenvalue weighted by Crippen LogP contribution is 2.14. The van der Waals surface area contributed by atoms with E-state index in [2.05, 4.69) is 9.97 Å². The van der Waals surface area contributed by atoms with Crippen molar-refractivity contribution in [2.24, 2.45) is 0 Å². The molecule has 0 fully saturated rings. The Morgan fingerprint density at radius 2 is 2.06 bits per heavy atom. The molecule has 1 aromatic heterocycles. The Labute approximate surface area is 106 Å². The summed E-state index contributed by atoms with van der Waals surface area (Å²) in [7, 11) is 3.46. The molecule has 94 valence electrons. The number of anilines is 1. The zero-order chi connectivity index (χ0) is 13.0. The molecule has 0 aromatic carbocycles. The minimum Gasteiger partial charge on any atom is -0.347 e. The molecule has 0 atom stereocenters. The number of amides is 1. The van der Waals surface area contributed by atoms with E-state index in [9.17, 15) is 4.79 Å². The van der Waals surface area contributed by atoms with Crippen LogP contribution in [-0.2, 0) is 4.79 Å². The van der Waals surface area contributed by atoms with Crippen LogP contribution in [0.5, 0.6) is 0 Å². The van der Waals surface area contributed by atoms with Crippen LogP contribution in [0.25, 0.3) is 0 Å². The van der Waals surface area contributed by atoms with Crippen molar-refractivity contribution < 1.29 is 4.79 Å². The Morgan fingerprint density at radius 3 is 2.53 bits per heavy atom. The molecule has 6 heteroatoms. The zero-order valence-corrected chi connectivity index (χ0v) is 11.3. The van der Waals surface area contributed by atoms with E-state index >= 15 is 0 Å². The van der Waals surface area contributed by atoms with Crippen molar-refractivity contribution in [3.05, 3.63) is 17.0 Å². The summed E-state index contributed by atoms with van der Waals surface area (Å²) in [4.78, 5) is 23.2. The Balaban J connectivity index is 2.89. The largest absolute Gasteiger partial charge is 0.347 e. The maximum absolute atomic E-state index is 11.7. The molecular formula is C11H17ClN4O. The first-order chi connectivity index (χ1) is 7.93. The number of hydrogen-bond acceptors (Lipinski definition) is 4. The van der Waals surface area contributed by atoms with Gasteiger partial charge in [-0.05, 0) is 25.4 Å². The summed E-state index contributed by atoms with van der Waals surface area (Å²) in [6.45, 7) is 4.79. The smallest absolute Gasteiger partial charge is 0.241 e. The average Bonchev–Trinajstić information content (AvgIpc) is 2.23. The molecule has 1 rings (SSSR count). The van der Waals surface area contributed by atoms with Crippen molar-refractivity contribution in [3.8, 4) is 0 Å². The van der Waals surface area contributed by atoms with E-state index in [-0.39, 0.29) is 17.7 Å². The van der Waals surface area contributed by atoms with Crippen molar-refractivity contribution in [1.29, 1.82) is 0 Å². The van der Waals surface area contributed by atoms with Gasteiger partial charge in [0.1, 0.15) is 5.82 Å². The summed E-state index contributed by atoms with van der Waals surface area (Å²) in [6.07, 6.45) is 0. The van der Waals surface area contributed by atoms with Crippen LogP contribution in [0.4, 0.5) is 5.82 Å². The fourth-order valence-corrected chi connectivity index (χ4v) is 1.56. The lowest BCUT2D eigenvalue weighted by molar-refractivity contribution is -0.127. The van der Waals surface area contributed by atoms with Gasteiger partial charge in [0.15, 0.2) is 0 Å². The number of nitrogens with zero attached hydrogens (tertiary/aromatic N) is 4. The van der Waals surface area contributed by atoms with Gasteiger partial charge in [0.05, 0.1) is 6.54 Å². The van der Waals surface area contributed by atoms with Crippen molar-refractivity contribution in [1.82, 2.24) is 14.9 Å². The number of carbonyl (C=O) groups is 1. The van der Waals surface area contributed by atoms with Crippen LogP contribution in [0, 0.1) is 6.92 Å². The molecule has 0 saturated carbocycles. The van der Waals surface area contributed by atoms with Gasteiger partial charge in [-0.25, -0.2) is 9.97 Å². The molecule has 1 amide bonds. The first-order valence-electron chi connectivity index (χ1n) is 5.40. The zero-order valence-electron chi connectivity index (χ0n) is 10.6. The molecular weight excluding hydrogens is 240 g/mol. The molecule has 0 bridgehead atoms. The number of carbonyl (C=O) groups excluding carboxylic acids is 1. The first kappa shape index (κ1) is 13.7. The summed E-state index contributed by atoms with van der Waals surface area (Å²) in [5, 5.41) is 0.204. The Kier molecular flexibility index (Phi) is 4.69. The predicted molar refractivity (Wildman–Crippen MR) is 68.4 cm³/mol. The second-order valence-corrected chi connectivity index (χ2v) is 4.28. The third-order valence-corrected chi connectivity index (χ3v) is 2.51. The van der Waals surface area contributed by atoms with Crippen molar-refractivity contribution >= 4 is 23.3 Å². The second-order valence-electron chi connectivity index (χ2n) is 3.94. The molecule has 0 aliphatic heterocycles. The number of hydrogen-bond donors (Lipinski definition) is 0. The standard InChI is InChI=1S/C11H17ClN4O/c1-5-16(7-10(17)15(3)4)9-6-8(2)13-11(12)14-9/h6H,5,7H2,1-4H3. The van der Waals surface area contributed by atoms with Crippen LogP contribution < -0.4 is 4.90 Å². The molecule has 0 aliphatic carbocycles. The number of likely N-dealkylation sites (N-methyl/N-ethyl adjacent to an activating group) is 2. The summed E-state index contributed by atoms with van der Waals surface area (Å²) in [6, 6.07) is 1.82. The van der Waals surface area contributed by atoms with Crippen molar-refractivity contribution in [3.63, 3.8) is 0 Å². The predicted octanol–water partition coefficient (Wildman–Crippen LogP) is 1.35. The molecule has 0 unspecified atom stereocenters. The lowest BCUT2D eigenvalue weighted by atomic mass is 10.3. The lowest BCUT2D eigenvalue weighted by Gasteiger charge is -2.23. The molecule has 1 aromatic rings. The fraction of sp³-hybridized carbons (Fsp3) is 0.545. The molecule has 0 spiro atoms. The maximum atomic E-state index is 11.7. The van der Waals surface area contributed by atoms with Crippen LogP contribution >= 0.6 is 11.6 Å². The normalized spacial score (nSPS) is 10.2. The molecule has 0 aliphatic rings. The van der Waals surface area contributed by atoms with Crippen molar-refractivity contribution in [2.75, 3.05) is 32.1 Å². The SMILES string of the molecule is CCN(CC(=O)N(C)C)c1cc(C)nc(Cl)n1. The quantitative estimate of drug-likeness (QED) is 0.763. The van der Waals surface area contributed by atoms with E-state index < -0.39 is 0 Å². The monoisotopic (exact) mass is 256 g/mol. The van der Waals surface area contributed by atoms with E-state index in [1.807, 2.05) is 24.8 Å². The van der Waals surface area contributed by atoms with Gasteiger partial charge in [0, 0.05) is 32.4 Å². The second kappa shape index (κ2) is 5.82. The van der Waals surface area contributed by atoms with Gasteiger partial charge in [-0.2, -0.15) is 0 Å². The molecule has 5 nitrogen and oxygen atoms in total. The highest BCUT2D eigenvalue weighted by Gasteiger charge is 2.13. The van der Waals surface area contributed by atoms with Gasteiger partial charge in [0.2, 0.25) is 11.2 Å². The Hall–Kier alpha value is -1.36. The highest BCUT2D eigenvalue weighted by atomic mass is 35.5. The van der Waals surface area contributed by atoms with Crippen LogP contribution in [0.2, 0.25) is 5.28 Å². The number of halogens is 1. The van der Waals surface area contributed by atoms with Crippen LogP contribution in [0.1, 0.15) is 12.6 Å². The van der Waals surface area contributed by atoms with Gasteiger partial charge in [-0.15, -0.1) is 0 Å². The van der Waals surface area contributed by atoms with Crippen molar-refractivity contribution in [2.45, 2.75) is 13.8 Å². The van der Waals surface area contributed by atoms with Gasteiger partial charge >= 0.3 is 0 Å². The number of aromatic nitrogens is 2. The van der Waals surface area contributed by atoms with Gasteiger partial charge in [-0.3, -0.25) is 4.79 Å². The van der Waals surface area contributed by atoms with E-state index in [4.69, 9.17) is 11.6 Å². The van der Waals surface area contributed by atoms with E-state index in [1.54, 1.807) is 19.0 Å². The summed E-state index contributed by atoms with van der Waals surface area (Å²) in [5.41, 5.74) is 0.788. The molecule has 0 saturated heterocycles. The van der Waals surface area contributed by atoms with Crippen LogP contribution in [0.3, 0.4) is 0 Å². The number of rotatable bonds is 4. The first-order valence-corrected chi connectivity index (χ1v) is 5.78. The summed E-state index contributed by atoms with van der Waals surface area (Å²) >= 11 is 5.81. The van der Waals surface area contributed by atoms with E-state index in [0.717, 1.165) is 5.69 Å². The Bertz CT molecular complexity index is 388. The van der Waals surface area contributed by atoms with Gasteiger partial charge in [0.25, 0.3) is 0 Å². The van der Waals surface area contributed by atoms with Gasteiger partial charge in [-0.1, -0.05) is 0 Å². The minimum atomic E-state index is 0.0271. The third-order valence-electron chi connectivity index (χ3n) is 2.34. The van der Waals surface area contributed by atoms with Crippen LogP contribution in [-0.4, -0.2) is 48.0 Å². The molecule has 17 heavy (non-hydrogen) atoms.